The van der Waals surface area contributed by atoms with E-state index in [0.717, 1.165) is 0 Å². The lowest BCUT2D eigenvalue weighted by Gasteiger charge is -2.18. The highest BCUT2D eigenvalue weighted by Gasteiger charge is 2.44. The number of imidazole rings is 1. The summed E-state index contributed by atoms with van der Waals surface area (Å²) in [6, 6.07) is 3.20. The van der Waals surface area contributed by atoms with Gasteiger partial charge in [-0.05, 0) is 28.1 Å². The van der Waals surface area contributed by atoms with Gasteiger partial charge in [0.1, 0.15) is 18.3 Å². The SMILES string of the molecule is OC[C@@H]1O[C@H](n2c(Br)nc3cc(Cl)c(Cl)cc32)[C@H](O)[C@H]1O. The molecule has 1 saturated heterocycles. The molecular weight excluding hydrogens is 387 g/mol. The lowest BCUT2D eigenvalue weighted by Crippen LogP contribution is -2.33. The number of hydrogen-bond donors (Lipinski definition) is 3. The first-order chi connectivity index (χ1) is 9.93. The summed E-state index contributed by atoms with van der Waals surface area (Å²) in [6.07, 6.45) is -4.15. The van der Waals surface area contributed by atoms with Crippen LogP contribution >= 0.6 is 39.1 Å². The van der Waals surface area contributed by atoms with Crippen molar-refractivity contribution in [3.63, 3.8) is 0 Å². The van der Waals surface area contributed by atoms with Crippen molar-refractivity contribution in [3.8, 4) is 0 Å². The minimum atomic E-state index is -1.20. The molecule has 1 aromatic carbocycles. The lowest BCUT2D eigenvalue weighted by molar-refractivity contribution is -0.0518. The second-order valence-electron chi connectivity index (χ2n) is 4.73. The van der Waals surface area contributed by atoms with Crippen molar-refractivity contribution in [3.05, 3.63) is 26.9 Å². The average Bonchev–Trinajstić information content (AvgIpc) is 2.89. The summed E-state index contributed by atoms with van der Waals surface area (Å²) in [5, 5.41) is 29.8. The van der Waals surface area contributed by atoms with Crippen LogP contribution in [0.1, 0.15) is 6.23 Å². The van der Waals surface area contributed by atoms with Gasteiger partial charge in [-0.15, -0.1) is 0 Å². The molecule has 9 heteroatoms. The van der Waals surface area contributed by atoms with Gasteiger partial charge in [0.05, 0.1) is 27.7 Å². The monoisotopic (exact) mass is 396 g/mol. The molecule has 0 spiro atoms. The number of ether oxygens (including phenoxy) is 1. The van der Waals surface area contributed by atoms with E-state index in [1.165, 1.54) is 0 Å². The number of hydrogen-bond acceptors (Lipinski definition) is 5. The van der Waals surface area contributed by atoms with Crippen molar-refractivity contribution >= 4 is 50.2 Å². The van der Waals surface area contributed by atoms with E-state index in [9.17, 15) is 10.2 Å². The molecule has 0 saturated carbocycles. The second kappa shape index (κ2) is 5.66. The van der Waals surface area contributed by atoms with Crippen LogP contribution in [0.5, 0.6) is 0 Å². The quantitative estimate of drug-likeness (QED) is 0.718. The zero-order chi connectivity index (χ0) is 15.3. The molecule has 0 amide bonds. The maximum Gasteiger partial charge on any atom is 0.180 e. The molecule has 6 nitrogen and oxygen atoms in total. The fourth-order valence-electron chi connectivity index (χ4n) is 2.40. The number of aliphatic hydroxyl groups excluding tert-OH is 3. The Morgan fingerprint density at radius 3 is 2.52 bits per heavy atom. The van der Waals surface area contributed by atoms with Crippen LogP contribution in [0.15, 0.2) is 16.9 Å². The van der Waals surface area contributed by atoms with Gasteiger partial charge in [0.25, 0.3) is 0 Å². The molecular formula is C12H11BrCl2N2O4. The van der Waals surface area contributed by atoms with Gasteiger partial charge in [0.15, 0.2) is 11.0 Å². The fourth-order valence-corrected chi connectivity index (χ4v) is 3.30. The van der Waals surface area contributed by atoms with Gasteiger partial charge < -0.3 is 20.1 Å². The van der Waals surface area contributed by atoms with Crippen LogP contribution in [0.25, 0.3) is 11.0 Å². The molecule has 1 aromatic heterocycles. The van der Waals surface area contributed by atoms with Crippen LogP contribution in [-0.4, -0.2) is 49.8 Å². The molecule has 0 radical (unpaired) electrons. The number of aliphatic hydroxyl groups is 3. The summed E-state index contributed by atoms with van der Waals surface area (Å²) >= 11 is 15.3. The molecule has 0 aliphatic carbocycles. The van der Waals surface area contributed by atoms with E-state index < -0.39 is 31.1 Å². The van der Waals surface area contributed by atoms with E-state index in [2.05, 4.69) is 20.9 Å². The van der Waals surface area contributed by atoms with E-state index >= 15 is 0 Å². The number of aromatic nitrogens is 2. The summed E-state index contributed by atoms with van der Waals surface area (Å²) in [7, 11) is 0. The summed E-state index contributed by atoms with van der Waals surface area (Å²) < 4.78 is 7.46. The average molecular weight is 398 g/mol. The Balaban J connectivity index is 2.12. The predicted octanol–water partition coefficient (Wildman–Crippen LogP) is 1.72. The highest BCUT2D eigenvalue weighted by molar-refractivity contribution is 9.10. The second-order valence-corrected chi connectivity index (χ2v) is 6.26. The minimum absolute atomic E-state index is 0.338. The molecule has 3 N–H and O–H groups in total. The van der Waals surface area contributed by atoms with E-state index in [-0.39, 0.29) is 0 Å². The van der Waals surface area contributed by atoms with Crippen molar-refractivity contribution in [2.45, 2.75) is 24.5 Å². The number of benzene rings is 1. The van der Waals surface area contributed by atoms with Crippen molar-refractivity contribution in [1.82, 2.24) is 9.55 Å². The summed E-state index contributed by atoms with van der Waals surface area (Å²) in [5.41, 5.74) is 1.15. The Bertz CT molecular complexity index is 695. The molecule has 1 fully saturated rings. The third-order valence-electron chi connectivity index (χ3n) is 3.46. The first-order valence-electron chi connectivity index (χ1n) is 6.09. The van der Waals surface area contributed by atoms with Gasteiger partial charge in [-0.2, -0.15) is 0 Å². The Hall–Kier alpha value is -0.410. The van der Waals surface area contributed by atoms with Crippen LogP contribution in [-0.2, 0) is 4.74 Å². The van der Waals surface area contributed by atoms with Gasteiger partial charge in [0, 0.05) is 0 Å². The zero-order valence-electron chi connectivity index (χ0n) is 10.4. The van der Waals surface area contributed by atoms with Gasteiger partial charge in [-0.25, -0.2) is 4.98 Å². The van der Waals surface area contributed by atoms with Crippen molar-refractivity contribution < 1.29 is 20.1 Å². The smallest absolute Gasteiger partial charge is 0.180 e. The van der Waals surface area contributed by atoms with E-state index in [1.54, 1.807) is 16.7 Å². The highest BCUT2D eigenvalue weighted by atomic mass is 79.9. The van der Waals surface area contributed by atoms with Gasteiger partial charge >= 0.3 is 0 Å². The summed E-state index contributed by atoms with van der Waals surface area (Å²) in [6.45, 7) is -0.397. The molecule has 0 unspecified atom stereocenters. The van der Waals surface area contributed by atoms with E-state index in [1.807, 2.05) is 0 Å². The normalized spacial score (nSPS) is 29.4. The van der Waals surface area contributed by atoms with Gasteiger partial charge in [-0.3, -0.25) is 4.57 Å². The molecule has 1 aliphatic rings. The standard InChI is InChI=1S/C12H11BrCl2N2O4/c13-12-16-6-1-4(14)5(15)2-7(6)17(12)11-10(20)9(19)8(3-18)21-11/h1-2,8-11,18-20H,3H2/t8-,9-,10+,11-/m0/s1. The van der Waals surface area contributed by atoms with E-state index in [0.29, 0.717) is 25.8 Å². The molecule has 3 rings (SSSR count). The maximum atomic E-state index is 10.1. The summed E-state index contributed by atoms with van der Waals surface area (Å²) in [4.78, 5) is 4.27. The topological polar surface area (TPSA) is 87.7 Å². The van der Waals surface area contributed by atoms with Gasteiger partial charge in [0.2, 0.25) is 0 Å². The number of rotatable bonds is 2. The Morgan fingerprint density at radius 2 is 1.90 bits per heavy atom. The first kappa shape index (κ1) is 15.5. The van der Waals surface area contributed by atoms with E-state index in [4.69, 9.17) is 33.0 Å². The van der Waals surface area contributed by atoms with Crippen molar-refractivity contribution in [2.24, 2.45) is 0 Å². The number of nitrogens with zero attached hydrogens (tertiary/aromatic N) is 2. The van der Waals surface area contributed by atoms with Crippen molar-refractivity contribution in [2.75, 3.05) is 6.61 Å². The number of halogens is 3. The molecule has 1 aliphatic heterocycles. The highest BCUT2D eigenvalue weighted by Crippen LogP contribution is 2.37. The zero-order valence-corrected chi connectivity index (χ0v) is 13.5. The van der Waals surface area contributed by atoms with Crippen LogP contribution in [0.4, 0.5) is 0 Å². The molecule has 0 bridgehead atoms. The third kappa shape index (κ3) is 2.46. The lowest BCUT2D eigenvalue weighted by atomic mass is 10.1. The van der Waals surface area contributed by atoms with Crippen LogP contribution < -0.4 is 0 Å². The van der Waals surface area contributed by atoms with Gasteiger partial charge in [-0.1, -0.05) is 23.2 Å². The fraction of sp³-hybridized carbons (Fsp3) is 0.417. The Kier molecular flexibility index (Phi) is 4.17. The minimum Gasteiger partial charge on any atom is -0.394 e. The largest absolute Gasteiger partial charge is 0.394 e. The molecule has 4 atom stereocenters. The summed E-state index contributed by atoms with van der Waals surface area (Å²) in [5.74, 6) is 0. The predicted molar refractivity (Wildman–Crippen MR) is 80.5 cm³/mol. The molecule has 21 heavy (non-hydrogen) atoms. The number of fused-ring (bicyclic) bond motifs is 1. The van der Waals surface area contributed by atoms with Crippen LogP contribution in [0.3, 0.4) is 0 Å². The Labute approximate surface area is 138 Å². The first-order valence-corrected chi connectivity index (χ1v) is 7.64. The molecule has 2 heterocycles. The maximum absolute atomic E-state index is 10.1. The molecule has 114 valence electrons. The van der Waals surface area contributed by atoms with Crippen LogP contribution in [0, 0.1) is 0 Å². The third-order valence-corrected chi connectivity index (χ3v) is 4.74. The van der Waals surface area contributed by atoms with Crippen molar-refractivity contribution in [1.29, 1.82) is 0 Å². The Morgan fingerprint density at radius 1 is 1.24 bits per heavy atom. The van der Waals surface area contributed by atoms with Crippen LogP contribution in [0.2, 0.25) is 10.0 Å². The molecule has 2 aromatic rings.